The van der Waals surface area contributed by atoms with Crippen molar-refractivity contribution in [3.05, 3.63) is 215 Å². The molecule has 8 rings (SSSR count). The number of rotatable bonds is 22. The molecule has 12 heteroatoms. The van der Waals surface area contributed by atoms with Crippen LogP contribution < -0.4 is 0 Å². The summed E-state index contributed by atoms with van der Waals surface area (Å²) >= 11 is 0. The SMILES string of the molecule is CO[C@H]1O[C@H](CO[C@H]2O[C@H](COCc3ccccc3)[C@@H](OCc3ccccc3)[C@H](OCc3ccccc3)[C@@H]2OC(=O)c2ccccc2)[C@@H](OCc2ccccc2)[C@H](O)[C@@H]1OCc1ccccc1. The fourth-order valence-electron chi connectivity index (χ4n) is 8.15. The molecule has 2 aliphatic rings. The highest BCUT2D eigenvalue weighted by molar-refractivity contribution is 5.89. The molecule has 12 nitrogen and oxygen atoms in total. The van der Waals surface area contributed by atoms with E-state index in [0.29, 0.717) is 12.2 Å². The van der Waals surface area contributed by atoms with Crippen molar-refractivity contribution in [2.24, 2.45) is 0 Å². The van der Waals surface area contributed by atoms with E-state index in [1.165, 1.54) is 7.11 Å². The van der Waals surface area contributed by atoms with E-state index in [9.17, 15) is 9.90 Å². The second-order valence-corrected chi connectivity index (χ2v) is 16.4. The molecule has 0 radical (unpaired) electrons. The summed E-state index contributed by atoms with van der Waals surface area (Å²) in [5, 5.41) is 12.1. The Morgan fingerprint density at radius 2 is 0.821 bits per heavy atom. The number of methoxy groups -OCH3 is 1. The van der Waals surface area contributed by atoms with Crippen molar-refractivity contribution in [3.8, 4) is 0 Å². The van der Waals surface area contributed by atoms with Crippen molar-refractivity contribution in [1.82, 2.24) is 0 Å². The van der Waals surface area contributed by atoms with Gasteiger partial charge in [-0.25, -0.2) is 4.79 Å². The Morgan fingerprint density at radius 1 is 0.433 bits per heavy atom. The highest BCUT2D eigenvalue weighted by atomic mass is 16.8. The van der Waals surface area contributed by atoms with E-state index in [1.54, 1.807) is 24.3 Å². The van der Waals surface area contributed by atoms with Crippen LogP contribution >= 0.6 is 0 Å². The topological polar surface area (TPSA) is 130 Å². The van der Waals surface area contributed by atoms with Gasteiger partial charge in [0.2, 0.25) is 0 Å². The zero-order chi connectivity index (χ0) is 46.0. The molecule has 1 N–H and O–H groups in total. The predicted octanol–water partition coefficient (Wildman–Crippen LogP) is 8.24. The van der Waals surface area contributed by atoms with E-state index in [4.69, 9.17) is 47.4 Å². The van der Waals surface area contributed by atoms with Crippen molar-refractivity contribution >= 4 is 5.97 Å². The summed E-state index contributed by atoms with van der Waals surface area (Å²) in [4.78, 5) is 14.1. The standard InChI is InChI=1S/C55H58O12/c1-58-54-50(62-35-42-26-14-5-15-27-42)47(56)48(60-33-40-22-10-3-11-23-40)46(65-54)38-64-55-52(67-53(57)44-30-18-7-19-31-44)51(63-36-43-28-16-6-17-29-43)49(61-34-41-24-12-4-13-25-41)45(66-55)37-59-32-39-20-8-2-9-21-39/h2-31,45-52,54-56H,32-38H2,1H3/t45-,46-,47+,48-,49-,50+,51+,52+,54+,55+/m1/s1. The fourth-order valence-corrected chi connectivity index (χ4v) is 8.15. The molecule has 2 saturated heterocycles. The van der Waals surface area contributed by atoms with Crippen molar-refractivity contribution in [3.63, 3.8) is 0 Å². The van der Waals surface area contributed by atoms with Crippen LogP contribution in [0.25, 0.3) is 0 Å². The maximum Gasteiger partial charge on any atom is 0.338 e. The summed E-state index contributed by atoms with van der Waals surface area (Å²) in [5.74, 6) is -0.608. The second kappa shape index (κ2) is 25.0. The summed E-state index contributed by atoms with van der Waals surface area (Å²) in [6, 6.07) is 57.4. The van der Waals surface area contributed by atoms with Gasteiger partial charge in [-0.15, -0.1) is 0 Å². The summed E-state index contributed by atoms with van der Waals surface area (Å²) in [6.07, 6.45) is -9.98. The lowest BCUT2D eigenvalue weighted by Gasteiger charge is -2.47. The maximum absolute atomic E-state index is 14.1. The first kappa shape index (κ1) is 47.9. The van der Waals surface area contributed by atoms with Gasteiger partial charge in [0.1, 0.15) is 42.7 Å². The number of esters is 1. The third kappa shape index (κ3) is 13.5. The zero-order valence-electron chi connectivity index (χ0n) is 37.5. The van der Waals surface area contributed by atoms with Crippen LogP contribution in [0.2, 0.25) is 0 Å². The molecule has 0 aromatic heterocycles. The van der Waals surface area contributed by atoms with Gasteiger partial charge in [0.25, 0.3) is 0 Å². The molecule has 0 bridgehead atoms. The largest absolute Gasteiger partial charge is 0.450 e. The van der Waals surface area contributed by atoms with E-state index in [-0.39, 0.29) is 39.6 Å². The van der Waals surface area contributed by atoms with Crippen molar-refractivity contribution < 1.29 is 57.3 Å². The lowest BCUT2D eigenvalue weighted by atomic mass is 9.97. The molecule has 0 aliphatic carbocycles. The molecule has 350 valence electrons. The Labute approximate surface area is 392 Å². The molecular weight excluding hydrogens is 853 g/mol. The van der Waals surface area contributed by atoms with Gasteiger partial charge in [-0.05, 0) is 39.9 Å². The first-order valence-corrected chi connectivity index (χ1v) is 22.7. The molecule has 6 aromatic rings. The van der Waals surface area contributed by atoms with Gasteiger partial charge in [-0.1, -0.05) is 170 Å². The minimum atomic E-state index is -1.25. The smallest absolute Gasteiger partial charge is 0.338 e. The van der Waals surface area contributed by atoms with Crippen molar-refractivity contribution in [2.45, 2.75) is 94.4 Å². The van der Waals surface area contributed by atoms with Crippen molar-refractivity contribution in [1.29, 1.82) is 0 Å². The Hall–Kier alpha value is -5.61. The first-order valence-electron chi connectivity index (χ1n) is 22.7. The third-order valence-corrected chi connectivity index (χ3v) is 11.7. The van der Waals surface area contributed by atoms with Crippen LogP contribution in [0.15, 0.2) is 182 Å². The van der Waals surface area contributed by atoms with Gasteiger partial charge in [0.15, 0.2) is 18.7 Å². The van der Waals surface area contributed by atoms with Crippen LogP contribution in [-0.2, 0) is 80.4 Å². The molecule has 2 heterocycles. The predicted molar refractivity (Wildman–Crippen MR) is 248 cm³/mol. The molecule has 2 fully saturated rings. The summed E-state index contributed by atoms with van der Waals surface area (Å²) in [5.41, 5.74) is 4.95. The molecule has 0 saturated carbocycles. The highest BCUT2D eigenvalue weighted by Crippen LogP contribution is 2.34. The van der Waals surface area contributed by atoms with Gasteiger partial charge >= 0.3 is 5.97 Å². The van der Waals surface area contributed by atoms with Crippen molar-refractivity contribution in [2.75, 3.05) is 20.3 Å². The number of hydrogen-bond donors (Lipinski definition) is 1. The molecule has 0 unspecified atom stereocenters. The van der Waals surface area contributed by atoms with Crippen LogP contribution in [0.1, 0.15) is 38.2 Å². The van der Waals surface area contributed by atoms with Gasteiger partial charge in [-0.3, -0.25) is 0 Å². The van der Waals surface area contributed by atoms with Gasteiger partial charge in [0, 0.05) is 7.11 Å². The van der Waals surface area contributed by atoms with Gasteiger partial charge in [0.05, 0.1) is 51.8 Å². The Balaban J connectivity index is 1.11. The maximum atomic E-state index is 14.1. The monoisotopic (exact) mass is 910 g/mol. The molecule has 0 amide bonds. The van der Waals surface area contributed by atoms with Gasteiger partial charge < -0.3 is 52.5 Å². The Morgan fingerprint density at radius 3 is 1.30 bits per heavy atom. The number of aliphatic hydroxyl groups excluding tert-OH is 1. The summed E-state index contributed by atoms with van der Waals surface area (Å²) < 4.78 is 65.1. The number of carbonyl (C=O) groups is 1. The number of ether oxygens (including phenoxy) is 10. The highest BCUT2D eigenvalue weighted by Gasteiger charge is 2.52. The number of carbonyl (C=O) groups excluding carboxylic acids is 1. The number of aliphatic hydroxyl groups is 1. The normalized spacial score (nSPS) is 25.0. The van der Waals surface area contributed by atoms with E-state index >= 15 is 0 Å². The summed E-state index contributed by atoms with van der Waals surface area (Å²) in [6.45, 7) is 0.929. The minimum Gasteiger partial charge on any atom is -0.450 e. The van der Waals surface area contributed by atoms with Crippen LogP contribution in [0.3, 0.4) is 0 Å². The minimum absolute atomic E-state index is 0.0758. The summed E-state index contributed by atoms with van der Waals surface area (Å²) in [7, 11) is 1.49. The van der Waals surface area contributed by atoms with Crippen LogP contribution in [0.4, 0.5) is 0 Å². The zero-order valence-corrected chi connectivity index (χ0v) is 37.5. The molecule has 10 atom stereocenters. The number of benzene rings is 6. The molecule has 6 aromatic carbocycles. The number of hydrogen-bond acceptors (Lipinski definition) is 12. The van der Waals surface area contributed by atoms with Crippen LogP contribution in [0, 0.1) is 0 Å². The lowest BCUT2D eigenvalue weighted by molar-refractivity contribution is -0.342. The Kier molecular flexibility index (Phi) is 17.8. The molecule has 2 aliphatic heterocycles. The third-order valence-electron chi connectivity index (χ3n) is 11.7. The van der Waals surface area contributed by atoms with E-state index in [2.05, 4.69) is 0 Å². The molecular formula is C55H58O12. The van der Waals surface area contributed by atoms with E-state index in [1.807, 2.05) is 158 Å². The fraction of sp³-hybridized carbons (Fsp3) is 0.327. The van der Waals surface area contributed by atoms with E-state index in [0.717, 1.165) is 27.8 Å². The average Bonchev–Trinajstić information content (AvgIpc) is 3.38. The Bertz CT molecular complexity index is 2310. The van der Waals surface area contributed by atoms with Crippen LogP contribution in [0.5, 0.6) is 0 Å². The molecule has 67 heavy (non-hydrogen) atoms. The lowest BCUT2D eigenvalue weighted by Crippen LogP contribution is -2.64. The first-order chi connectivity index (χ1) is 33.0. The van der Waals surface area contributed by atoms with Crippen LogP contribution in [-0.4, -0.2) is 92.8 Å². The van der Waals surface area contributed by atoms with Gasteiger partial charge in [-0.2, -0.15) is 0 Å². The second-order valence-electron chi connectivity index (χ2n) is 16.4. The average molecular weight is 911 g/mol. The molecule has 0 spiro atoms. The van der Waals surface area contributed by atoms with E-state index < -0.39 is 67.4 Å². The quantitative estimate of drug-likeness (QED) is 0.0659.